The molecular weight excluding hydrogens is 388 g/mol. The second-order valence-corrected chi connectivity index (χ2v) is 8.71. The van der Waals surface area contributed by atoms with Gasteiger partial charge in [-0.05, 0) is 55.6 Å². The van der Waals surface area contributed by atoms with E-state index in [1.807, 2.05) is 18.2 Å². The number of rotatable bonds is 11. The van der Waals surface area contributed by atoms with Gasteiger partial charge >= 0.3 is 0 Å². The molecule has 0 spiro atoms. The average molecular weight is 427 g/mol. The van der Waals surface area contributed by atoms with Crippen LogP contribution in [0.15, 0.2) is 42.5 Å². The van der Waals surface area contributed by atoms with Gasteiger partial charge < -0.3 is 24.8 Å². The van der Waals surface area contributed by atoms with Gasteiger partial charge in [-0.15, -0.1) is 0 Å². The Bertz CT molecular complexity index is 805. The Balaban J connectivity index is 1.47. The van der Waals surface area contributed by atoms with E-state index in [1.165, 1.54) is 43.2 Å². The van der Waals surface area contributed by atoms with Gasteiger partial charge in [-0.25, -0.2) is 0 Å². The summed E-state index contributed by atoms with van der Waals surface area (Å²) in [4.78, 5) is 2.29. The highest BCUT2D eigenvalue weighted by molar-refractivity contribution is 5.43. The summed E-state index contributed by atoms with van der Waals surface area (Å²) in [5.41, 5.74) is 3.74. The molecule has 2 N–H and O–H groups in total. The molecule has 0 aromatic heterocycles. The predicted molar refractivity (Wildman–Crippen MR) is 126 cm³/mol. The Hall–Kier alpha value is -2.08. The number of likely N-dealkylation sites (N-methyl/N-ethyl adjacent to an activating group) is 1. The van der Waals surface area contributed by atoms with Crippen LogP contribution in [0, 0.1) is 6.92 Å². The largest absolute Gasteiger partial charge is 0.493 e. The third kappa shape index (κ3) is 7.23. The van der Waals surface area contributed by atoms with Crippen molar-refractivity contribution in [1.29, 1.82) is 0 Å². The van der Waals surface area contributed by atoms with Crippen molar-refractivity contribution < 1.29 is 14.6 Å². The van der Waals surface area contributed by atoms with Gasteiger partial charge in [0.25, 0.3) is 0 Å². The predicted octanol–water partition coefficient (Wildman–Crippen LogP) is 4.30. The minimum atomic E-state index is -0.521. The van der Waals surface area contributed by atoms with E-state index >= 15 is 0 Å². The van der Waals surface area contributed by atoms with Crippen LogP contribution in [-0.4, -0.2) is 49.5 Å². The normalized spacial score (nSPS) is 15.8. The molecule has 2 aromatic carbocycles. The number of aliphatic hydroxyl groups is 1. The van der Waals surface area contributed by atoms with Crippen molar-refractivity contribution in [2.75, 3.05) is 27.3 Å². The monoisotopic (exact) mass is 426 g/mol. The zero-order valence-corrected chi connectivity index (χ0v) is 19.3. The van der Waals surface area contributed by atoms with Gasteiger partial charge in [-0.3, -0.25) is 0 Å². The Morgan fingerprint density at radius 1 is 1.06 bits per heavy atom. The van der Waals surface area contributed by atoms with E-state index in [1.54, 1.807) is 7.11 Å². The molecule has 5 heteroatoms. The molecule has 0 radical (unpaired) electrons. The molecule has 0 unspecified atom stereocenters. The molecule has 0 heterocycles. The Kier molecular flexibility index (Phi) is 9.19. The molecule has 0 aliphatic heterocycles. The van der Waals surface area contributed by atoms with Crippen molar-refractivity contribution in [3.05, 3.63) is 59.2 Å². The molecule has 1 aliphatic carbocycles. The standard InChI is InChI=1S/C26H38N2O3/c1-20-9-7-8-10-22(20)17-27-16-21-13-14-25(26(15-21)30-3)31-19-24(29)18-28(2)23-11-5-4-6-12-23/h7-10,13-15,23-24,27,29H,4-6,11-12,16-19H2,1-3H3/t24-/m1/s1. The van der Waals surface area contributed by atoms with Gasteiger partial charge in [0.2, 0.25) is 0 Å². The maximum atomic E-state index is 10.5. The van der Waals surface area contributed by atoms with Gasteiger partial charge in [-0.2, -0.15) is 0 Å². The van der Waals surface area contributed by atoms with Gasteiger partial charge in [0, 0.05) is 25.7 Å². The third-order valence-corrected chi connectivity index (χ3v) is 6.26. The van der Waals surface area contributed by atoms with E-state index in [4.69, 9.17) is 9.47 Å². The minimum Gasteiger partial charge on any atom is -0.493 e. The van der Waals surface area contributed by atoms with Crippen molar-refractivity contribution in [1.82, 2.24) is 10.2 Å². The molecule has 5 nitrogen and oxygen atoms in total. The van der Waals surface area contributed by atoms with Gasteiger partial charge in [0.05, 0.1) is 7.11 Å². The Morgan fingerprint density at radius 3 is 2.58 bits per heavy atom. The molecule has 2 aromatic rings. The van der Waals surface area contributed by atoms with Crippen LogP contribution in [0.4, 0.5) is 0 Å². The molecule has 1 atom stereocenters. The number of methoxy groups -OCH3 is 1. The molecule has 0 saturated heterocycles. The lowest BCUT2D eigenvalue weighted by atomic mass is 9.94. The lowest BCUT2D eigenvalue weighted by Crippen LogP contribution is -2.40. The van der Waals surface area contributed by atoms with E-state index in [0.717, 1.165) is 18.7 Å². The van der Waals surface area contributed by atoms with Crippen LogP contribution in [-0.2, 0) is 13.1 Å². The highest BCUT2D eigenvalue weighted by atomic mass is 16.5. The van der Waals surface area contributed by atoms with Gasteiger partial charge in [0.1, 0.15) is 12.7 Å². The van der Waals surface area contributed by atoms with Crippen LogP contribution >= 0.6 is 0 Å². The quantitative estimate of drug-likeness (QED) is 0.561. The summed E-state index contributed by atoms with van der Waals surface area (Å²) in [6.07, 6.45) is 5.88. The van der Waals surface area contributed by atoms with Crippen LogP contribution < -0.4 is 14.8 Å². The summed E-state index contributed by atoms with van der Waals surface area (Å²) in [6.45, 7) is 4.60. The molecule has 3 rings (SSSR count). The molecule has 1 aliphatic rings. The maximum absolute atomic E-state index is 10.5. The first-order valence-electron chi connectivity index (χ1n) is 11.5. The third-order valence-electron chi connectivity index (χ3n) is 6.26. The van der Waals surface area contributed by atoms with Crippen LogP contribution in [0.25, 0.3) is 0 Å². The second-order valence-electron chi connectivity index (χ2n) is 8.71. The number of nitrogens with one attached hydrogen (secondary N) is 1. The number of benzene rings is 2. The number of aliphatic hydroxyl groups excluding tert-OH is 1. The van der Waals surface area contributed by atoms with Crippen molar-refractivity contribution in [2.45, 2.75) is 64.3 Å². The SMILES string of the molecule is COc1cc(CNCc2ccccc2C)ccc1OC[C@H](O)CN(C)C1CCCCC1. The van der Waals surface area contributed by atoms with E-state index in [0.29, 0.717) is 24.1 Å². The highest BCUT2D eigenvalue weighted by Crippen LogP contribution is 2.28. The topological polar surface area (TPSA) is 54.0 Å². The lowest BCUT2D eigenvalue weighted by Gasteiger charge is -2.32. The Morgan fingerprint density at radius 2 is 1.84 bits per heavy atom. The Labute approximate surface area is 187 Å². The van der Waals surface area contributed by atoms with E-state index in [-0.39, 0.29) is 6.61 Å². The first-order valence-corrected chi connectivity index (χ1v) is 11.5. The van der Waals surface area contributed by atoms with Crippen molar-refractivity contribution in [2.24, 2.45) is 0 Å². The maximum Gasteiger partial charge on any atom is 0.161 e. The fraction of sp³-hybridized carbons (Fsp3) is 0.538. The van der Waals surface area contributed by atoms with Crippen LogP contribution in [0.1, 0.15) is 48.8 Å². The van der Waals surface area contributed by atoms with Crippen LogP contribution in [0.5, 0.6) is 11.5 Å². The van der Waals surface area contributed by atoms with E-state index in [9.17, 15) is 5.11 Å². The molecule has 0 bridgehead atoms. The number of hydrogen-bond donors (Lipinski definition) is 2. The summed E-state index contributed by atoms with van der Waals surface area (Å²) in [6, 6.07) is 15.0. The molecule has 170 valence electrons. The lowest BCUT2D eigenvalue weighted by molar-refractivity contribution is 0.0553. The molecule has 1 saturated carbocycles. The smallest absolute Gasteiger partial charge is 0.161 e. The van der Waals surface area contributed by atoms with Gasteiger partial charge in [0.15, 0.2) is 11.5 Å². The highest BCUT2D eigenvalue weighted by Gasteiger charge is 2.20. The molecular formula is C26H38N2O3. The number of nitrogens with zero attached hydrogens (tertiary/aromatic N) is 1. The summed E-state index contributed by atoms with van der Waals surface area (Å²) >= 11 is 0. The zero-order chi connectivity index (χ0) is 22.1. The van der Waals surface area contributed by atoms with Crippen molar-refractivity contribution in [3.8, 4) is 11.5 Å². The molecule has 1 fully saturated rings. The number of ether oxygens (including phenoxy) is 2. The minimum absolute atomic E-state index is 0.262. The van der Waals surface area contributed by atoms with Crippen LogP contribution in [0.3, 0.4) is 0 Å². The van der Waals surface area contributed by atoms with Gasteiger partial charge in [-0.1, -0.05) is 49.6 Å². The summed E-state index contributed by atoms with van der Waals surface area (Å²) in [5.74, 6) is 1.37. The van der Waals surface area contributed by atoms with Crippen molar-refractivity contribution in [3.63, 3.8) is 0 Å². The summed E-state index contributed by atoms with van der Waals surface area (Å²) in [7, 11) is 3.76. The zero-order valence-electron chi connectivity index (χ0n) is 19.3. The van der Waals surface area contributed by atoms with E-state index in [2.05, 4.69) is 48.5 Å². The number of hydrogen-bond acceptors (Lipinski definition) is 5. The summed E-state index contributed by atoms with van der Waals surface area (Å²) < 4.78 is 11.4. The first kappa shape index (κ1) is 23.6. The molecule has 0 amide bonds. The second kappa shape index (κ2) is 12.1. The first-order chi connectivity index (χ1) is 15.1. The van der Waals surface area contributed by atoms with Crippen molar-refractivity contribution >= 4 is 0 Å². The van der Waals surface area contributed by atoms with E-state index < -0.39 is 6.10 Å². The fourth-order valence-electron chi connectivity index (χ4n) is 4.33. The van der Waals surface area contributed by atoms with Crippen LogP contribution in [0.2, 0.25) is 0 Å². The summed E-state index contributed by atoms with van der Waals surface area (Å²) in [5, 5.41) is 13.9. The number of aryl methyl sites for hydroxylation is 1. The fourth-order valence-corrected chi connectivity index (χ4v) is 4.33. The molecule has 31 heavy (non-hydrogen) atoms. The average Bonchev–Trinajstić information content (AvgIpc) is 2.79.